The molecule has 5 heteroatoms. The molecule has 0 bridgehead atoms. The predicted octanol–water partition coefficient (Wildman–Crippen LogP) is 1.62. The SMILES string of the molecule is CCCCOCc1cc(CC(=O)O)on1. The van der Waals surface area contributed by atoms with Crippen molar-refractivity contribution in [1.82, 2.24) is 5.16 Å². The van der Waals surface area contributed by atoms with Gasteiger partial charge in [0.05, 0.1) is 6.61 Å². The van der Waals surface area contributed by atoms with Crippen LogP contribution in [0.1, 0.15) is 31.2 Å². The van der Waals surface area contributed by atoms with Crippen molar-refractivity contribution in [3.05, 3.63) is 17.5 Å². The highest BCUT2D eigenvalue weighted by Gasteiger charge is 2.07. The number of aromatic nitrogens is 1. The molecule has 0 spiro atoms. The molecule has 0 aromatic carbocycles. The molecule has 0 amide bonds. The van der Waals surface area contributed by atoms with Crippen molar-refractivity contribution >= 4 is 5.97 Å². The van der Waals surface area contributed by atoms with Crippen LogP contribution in [0.3, 0.4) is 0 Å². The summed E-state index contributed by atoms with van der Waals surface area (Å²) in [6, 6.07) is 1.61. The summed E-state index contributed by atoms with van der Waals surface area (Å²) in [5, 5.41) is 12.2. The minimum absolute atomic E-state index is 0.137. The Morgan fingerprint density at radius 3 is 3.13 bits per heavy atom. The molecule has 0 atom stereocenters. The van der Waals surface area contributed by atoms with Crippen LogP contribution in [0.5, 0.6) is 0 Å². The monoisotopic (exact) mass is 213 g/mol. The summed E-state index contributed by atoms with van der Waals surface area (Å²) < 4.78 is 10.1. The van der Waals surface area contributed by atoms with E-state index in [-0.39, 0.29) is 6.42 Å². The van der Waals surface area contributed by atoms with Crippen LogP contribution in [0.25, 0.3) is 0 Å². The van der Waals surface area contributed by atoms with Gasteiger partial charge in [0.25, 0.3) is 0 Å². The highest BCUT2D eigenvalue weighted by atomic mass is 16.5. The zero-order chi connectivity index (χ0) is 11.1. The Morgan fingerprint density at radius 1 is 1.67 bits per heavy atom. The highest BCUT2D eigenvalue weighted by molar-refractivity contribution is 5.69. The number of ether oxygens (including phenoxy) is 1. The molecule has 1 aromatic rings. The predicted molar refractivity (Wildman–Crippen MR) is 52.4 cm³/mol. The third-order valence-electron chi connectivity index (χ3n) is 1.83. The van der Waals surface area contributed by atoms with Gasteiger partial charge in [-0.15, -0.1) is 0 Å². The fourth-order valence-electron chi connectivity index (χ4n) is 1.08. The molecule has 84 valence electrons. The van der Waals surface area contributed by atoms with Crippen LogP contribution in [-0.4, -0.2) is 22.8 Å². The third kappa shape index (κ3) is 4.60. The number of nitrogens with zero attached hydrogens (tertiary/aromatic N) is 1. The zero-order valence-electron chi connectivity index (χ0n) is 8.73. The average Bonchev–Trinajstić information content (AvgIpc) is 2.59. The highest BCUT2D eigenvalue weighted by Crippen LogP contribution is 2.06. The number of hydrogen-bond donors (Lipinski definition) is 1. The van der Waals surface area contributed by atoms with Crippen molar-refractivity contribution < 1.29 is 19.2 Å². The van der Waals surface area contributed by atoms with Crippen LogP contribution in [0.4, 0.5) is 0 Å². The lowest BCUT2D eigenvalue weighted by Crippen LogP contribution is -1.98. The van der Waals surface area contributed by atoms with Gasteiger partial charge in [-0.3, -0.25) is 4.79 Å². The minimum Gasteiger partial charge on any atom is -0.481 e. The standard InChI is InChI=1S/C10H15NO4/c1-2-3-4-14-7-8-5-9(15-11-8)6-10(12)13/h5H,2-4,6-7H2,1H3,(H,12,13). The number of rotatable bonds is 7. The molecule has 0 aliphatic heterocycles. The molecule has 1 N–H and O–H groups in total. The molecular formula is C10H15NO4. The quantitative estimate of drug-likeness (QED) is 0.697. The molecule has 1 rings (SSSR count). The molecule has 5 nitrogen and oxygen atoms in total. The molecule has 1 heterocycles. The molecule has 1 aromatic heterocycles. The first kappa shape index (κ1) is 11.7. The molecular weight excluding hydrogens is 198 g/mol. The molecule has 0 radical (unpaired) electrons. The van der Waals surface area contributed by atoms with Crippen molar-refractivity contribution in [2.75, 3.05) is 6.61 Å². The summed E-state index contributed by atoms with van der Waals surface area (Å²) in [6.07, 6.45) is 1.96. The Kier molecular flexibility index (Phi) is 4.83. The van der Waals surface area contributed by atoms with Gasteiger partial charge >= 0.3 is 5.97 Å². The van der Waals surface area contributed by atoms with Crippen LogP contribution in [0, 0.1) is 0 Å². The van der Waals surface area contributed by atoms with Crippen LogP contribution in [0.15, 0.2) is 10.6 Å². The molecule has 0 saturated heterocycles. The largest absolute Gasteiger partial charge is 0.481 e. The maximum Gasteiger partial charge on any atom is 0.311 e. The van der Waals surface area contributed by atoms with Crippen molar-refractivity contribution in [3.8, 4) is 0 Å². The van der Waals surface area contributed by atoms with E-state index in [0.29, 0.717) is 24.7 Å². The van der Waals surface area contributed by atoms with E-state index >= 15 is 0 Å². The van der Waals surface area contributed by atoms with E-state index < -0.39 is 5.97 Å². The van der Waals surface area contributed by atoms with Gasteiger partial charge in [-0.05, 0) is 6.42 Å². The van der Waals surface area contributed by atoms with E-state index in [9.17, 15) is 4.79 Å². The van der Waals surface area contributed by atoms with Crippen LogP contribution in [-0.2, 0) is 22.6 Å². The van der Waals surface area contributed by atoms with Crippen LogP contribution >= 0.6 is 0 Å². The van der Waals surface area contributed by atoms with Crippen molar-refractivity contribution in [2.45, 2.75) is 32.8 Å². The van der Waals surface area contributed by atoms with Crippen molar-refractivity contribution in [1.29, 1.82) is 0 Å². The number of unbranched alkanes of at least 4 members (excludes halogenated alkanes) is 1. The summed E-state index contributed by atoms with van der Waals surface area (Å²) in [5.41, 5.74) is 0.641. The summed E-state index contributed by atoms with van der Waals surface area (Å²) in [7, 11) is 0. The Bertz CT molecular complexity index is 308. The second-order valence-electron chi connectivity index (χ2n) is 3.26. The second kappa shape index (κ2) is 6.19. The Hall–Kier alpha value is -1.36. The minimum atomic E-state index is -0.926. The first-order valence-electron chi connectivity index (χ1n) is 4.96. The summed E-state index contributed by atoms with van der Waals surface area (Å²) >= 11 is 0. The average molecular weight is 213 g/mol. The summed E-state index contributed by atoms with van der Waals surface area (Å²) in [5.74, 6) is -0.568. The number of carbonyl (C=O) groups is 1. The van der Waals surface area contributed by atoms with E-state index in [2.05, 4.69) is 12.1 Å². The topological polar surface area (TPSA) is 72.6 Å². The molecule has 0 unspecified atom stereocenters. The first-order valence-corrected chi connectivity index (χ1v) is 4.96. The fraction of sp³-hybridized carbons (Fsp3) is 0.600. The van der Waals surface area contributed by atoms with E-state index in [0.717, 1.165) is 12.8 Å². The number of carboxylic acid groups (broad SMARTS) is 1. The third-order valence-corrected chi connectivity index (χ3v) is 1.83. The number of carboxylic acids is 1. The second-order valence-corrected chi connectivity index (χ2v) is 3.26. The molecule has 0 fully saturated rings. The van der Waals surface area contributed by atoms with Crippen LogP contribution < -0.4 is 0 Å². The number of aliphatic carboxylic acids is 1. The first-order chi connectivity index (χ1) is 7.22. The van der Waals surface area contributed by atoms with E-state index in [1.54, 1.807) is 6.07 Å². The molecule has 0 aliphatic carbocycles. The van der Waals surface area contributed by atoms with Gasteiger partial charge in [0.1, 0.15) is 17.9 Å². The van der Waals surface area contributed by atoms with E-state index in [1.165, 1.54) is 0 Å². The van der Waals surface area contributed by atoms with E-state index in [4.69, 9.17) is 14.4 Å². The maximum atomic E-state index is 10.4. The normalized spacial score (nSPS) is 10.5. The Morgan fingerprint density at radius 2 is 2.47 bits per heavy atom. The summed E-state index contributed by atoms with van der Waals surface area (Å²) in [6.45, 7) is 3.16. The van der Waals surface area contributed by atoms with Gasteiger partial charge in [-0.25, -0.2) is 0 Å². The Balaban J connectivity index is 2.29. The Labute approximate surface area is 88.0 Å². The lowest BCUT2D eigenvalue weighted by Gasteiger charge is -1.98. The van der Waals surface area contributed by atoms with Gasteiger partial charge in [0, 0.05) is 12.7 Å². The smallest absolute Gasteiger partial charge is 0.311 e. The van der Waals surface area contributed by atoms with Crippen LogP contribution in [0.2, 0.25) is 0 Å². The lowest BCUT2D eigenvalue weighted by atomic mass is 10.3. The van der Waals surface area contributed by atoms with Gasteiger partial charge in [-0.1, -0.05) is 18.5 Å². The molecule has 15 heavy (non-hydrogen) atoms. The van der Waals surface area contributed by atoms with Gasteiger partial charge < -0.3 is 14.4 Å². The maximum absolute atomic E-state index is 10.4. The zero-order valence-corrected chi connectivity index (χ0v) is 8.73. The summed E-state index contributed by atoms with van der Waals surface area (Å²) in [4.78, 5) is 10.4. The van der Waals surface area contributed by atoms with Gasteiger partial charge in [0.15, 0.2) is 0 Å². The molecule has 0 saturated carbocycles. The van der Waals surface area contributed by atoms with Gasteiger partial charge in [-0.2, -0.15) is 0 Å². The molecule has 0 aliphatic rings. The number of hydrogen-bond acceptors (Lipinski definition) is 4. The van der Waals surface area contributed by atoms with Crippen molar-refractivity contribution in [2.24, 2.45) is 0 Å². The van der Waals surface area contributed by atoms with Crippen molar-refractivity contribution in [3.63, 3.8) is 0 Å². The fourth-order valence-corrected chi connectivity index (χ4v) is 1.08. The van der Waals surface area contributed by atoms with Gasteiger partial charge in [0.2, 0.25) is 0 Å². The van der Waals surface area contributed by atoms with E-state index in [1.807, 2.05) is 0 Å². The lowest BCUT2D eigenvalue weighted by molar-refractivity contribution is -0.136.